The molecule has 3 aromatic rings. The normalized spacial score (nSPS) is 12.1. The van der Waals surface area contributed by atoms with Gasteiger partial charge in [0.25, 0.3) is 0 Å². The van der Waals surface area contributed by atoms with E-state index in [0.717, 1.165) is 32.7 Å². The molecule has 0 bridgehead atoms. The van der Waals surface area contributed by atoms with Gasteiger partial charge in [-0.25, -0.2) is 0 Å². The van der Waals surface area contributed by atoms with Gasteiger partial charge in [-0.3, -0.25) is 0 Å². The predicted molar refractivity (Wildman–Crippen MR) is 125 cm³/mol. The summed E-state index contributed by atoms with van der Waals surface area (Å²) in [4.78, 5) is 0. The third-order valence-corrected chi connectivity index (χ3v) is 6.10. The van der Waals surface area contributed by atoms with Crippen molar-refractivity contribution in [2.24, 2.45) is 0 Å². The molecule has 1 aliphatic rings. The van der Waals surface area contributed by atoms with Crippen LogP contribution in [-0.2, 0) is 19.7 Å². The summed E-state index contributed by atoms with van der Waals surface area (Å²) in [5.41, 5.74) is 2.90. The molecule has 1 heterocycles. The number of halogens is 3. The quantitative estimate of drug-likeness (QED) is 0.371. The van der Waals surface area contributed by atoms with E-state index in [1.807, 2.05) is 30.3 Å². The topological polar surface area (TPSA) is 49.0 Å². The van der Waals surface area contributed by atoms with Crippen molar-refractivity contribution in [2.45, 2.75) is 19.7 Å². The van der Waals surface area contributed by atoms with Crippen LogP contribution in [0.4, 0.5) is 0 Å². The van der Waals surface area contributed by atoms with Crippen molar-refractivity contribution < 1.29 is 18.9 Å². The first-order valence-corrected chi connectivity index (χ1v) is 11.1. The van der Waals surface area contributed by atoms with Crippen LogP contribution < -0.4 is 24.3 Å². The van der Waals surface area contributed by atoms with Crippen LogP contribution in [0.3, 0.4) is 0 Å². The molecule has 0 spiro atoms. The first-order valence-electron chi connectivity index (χ1n) is 9.56. The average Bonchev–Trinajstić information content (AvgIpc) is 3.22. The number of benzene rings is 3. The second kappa shape index (κ2) is 10.0. The van der Waals surface area contributed by atoms with E-state index >= 15 is 0 Å². The van der Waals surface area contributed by atoms with Crippen molar-refractivity contribution in [2.75, 3.05) is 13.9 Å². The molecule has 0 aromatic heterocycles. The molecule has 0 aliphatic carbocycles. The number of methoxy groups -OCH3 is 1. The van der Waals surface area contributed by atoms with Gasteiger partial charge in [0.2, 0.25) is 6.79 Å². The van der Waals surface area contributed by atoms with Gasteiger partial charge in [-0.15, -0.1) is 0 Å². The van der Waals surface area contributed by atoms with Crippen molar-refractivity contribution in [1.29, 1.82) is 0 Å². The minimum atomic E-state index is 0.231. The van der Waals surface area contributed by atoms with Crippen LogP contribution in [0.2, 0.25) is 10.0 Å². The van der Waals surface area contributed by atoms with Crippen LogP contribution >= 0.6 is 39.1 Å². The van der Waals surface area contributed by atoms with Crippen LogP contribution in [0.25, 0.3) is 0 Å². The van der Waals surface area contributed by atoms with Crippen molar-refractivity contribution >= 4 is 39.1 Å². The molecule has 162 valence electrons. The summed E-state index contributed by atoms with van der Waals surface area (Å²) < 4.78 is 23.1. The minimum absolute atomic E-state index is 0.231. The molecule has 31 heavy (non-hydrogen) atoms. The Labute approximate surface area is 199 Å². The van der Waals surface area contributed by atoms with E-state index in [2.05, 4.69) is 21.2 Å². The van der Waals surface area contributed by atoms with Crippen molar-refractivity contribution in [1.82, 2.24) is 5.32 Å². The number of ether oxygens (including phenoxy) is 4. The largest absolute Gasteiger partial charge is 0.493 e. The second-order valence-electron chi connectivity index (χ2n) is 6.89. The number of hydrogen-bond donors (Lipinski definition) is 1. The van der Waals surface area contributed by atoms with Gasteiger partial charge < -0.3 is 24.3 Å². The maximum absolute atomic E-state index is 6.24. The zero-order valence-electron chi connectivity index (χ0n) is 16.7. The fraction of sp³-hybridized carbons (Fsp3) is 0.217. The summed E-state index contributed by atoms with van der Waals surface area (Å²) in [7, 11) is 1.61. The summed E-state index contributed by atoms with van der Waals surface area (Å²) in [5.74, 6) is 2.78. The Morgan fingerprint density at radius 3 is 2.48 bits per heavy atom. The summed E-state index contributed by atoms with van der Waals surface area (Å²) in [6, 6.07) is 15.3. The molecule has 3 aromatic carbocycles. The lowest BCUT2D eigenvalue weighted by molar-refractivity contribution is 0.174. The van der Waals surface area contributed by atoms with Gasteiger partial charge in [0, 0.05) is 28.7 Å². The number of nitrogens with one attached hydrogen (secondary N) is 1. The first kappa shape index (κ1) is 22.1. The number of fused-ring (bicyclic) bond motifs is 1. The Balaban J connectivity index is 1.41. The van der Waals surface area contributed by atoms with Crippen LogP contribution in [0.1, 0.15) is 16.7 Å². The highest BCUT2D eigenvalue weighted by Crippen LogP contribution is 2.38. The molecule has 0 fully saturated rings. The van der Waals surface area contributed by atoms with Gasteiger partial charge in [0.15, 0.2) is 23.0 Å². The van der Waals surface area contributed by atoms with Gasteiger partial charge >= 0.3 is 0 Å². The zero-order chi connectivity index (χ0) is 21.8. The SMILES string of the molecule is COc1cc(CNCc2ccc3c(c2)OCO3)cc(Br)c1OCc1c(Cl)cccc1Cl. The summed E-state index contributed by atoms with van der Waals surface area (Å²) in [6.07, 6.45) is 0. The third kappa shape index (κ3) is 5.21. The standard InChI is InChI=1S/C23H20BrCl2NO4/c1-28-22-9-15(11-27-10-14-5-6-20-21(8-14)31-13-30-20)7-17(24)23(22)29-12-16-18(25)3-2-4-19(16)26/h2-9,27H,10-13H2,1H3. The molecular formula is C23H20BrCl2NO4. The predicted octanol–water partition coefficient (Wildman–Crippen LogP) is 6.36. The molecule has 0 radical (unpaired) electrons. The van der Waals surface area contributed by atoms with E-state index in [0.29, 0.717) is 34.6 Å². The van der Waals surface area contributed by atoms with Gasteiger partial charge in [0.1, 0.15) is 6.61 Å². The second-order valence-corrected chi connectivity index (χ2v) is 8.56. The lowest BCUT2D eigenvalue weighted by Gasteiger charge is -2.16. The van der Waals surface area contributed by atoms with Crippen LogP contribution in [0.15, 0.2) is 53.0 Å². The highest BCUT2D eigenvalue weighted by atomic mass is 79.9. The zero-order valence-corrected chi connectivity index (χ0v) is 19.8. The fourth-order valence-corrected chi connectivity index (χ4v) is 4.34. The Kier molecular flexibility index (Phi) is 7.13. The maximum atomic E-state index is 6.24. The Morgan fingerprint density at radius 1 is 0.968 bits per heavy atom. The summed E-state index contributed by atoms with van der Waals surface area (Å²) in [6.45, 7) is 1.85. The monoisotopic (exact) mass is 523 g/mol. The molecule has 5 nitrogen and oxygen atoms in total. The summed E-state index contributed by atoms with van der Waals surface area (Å²) >= 11 is 16.1. The molecule has 0 amide bonds. The minimum Gasteiger partial charge on any atom is -0.493 e. The van der Waals surface area contributed by atoms with E-state index in [9.17, 15) is 0 Å². The Hall–Kier alpha value is -2.12. The smallest absolute Gasteiger partial charge is 0.231 e. The van der Waals surface area contributed by atoms with E-state index in [1.54, 1.807) is 25.3 Å². The lowest BCUT2D eigenvalue weighted by atomic mass is 10.1. The Bertz CT molecular complexity index is 1070. The maximum Gasteiger partial charge on any atom is 0.231 e. The number of rotatable bonds is 8. The molecular weight excluding hydrogens is 505 g/mol. The molecule has 4 rings (SSSR count). The molecule has 0 saturated heterocycles. The van der Waals surface area contributed by atoms with Crippen molar-refractivity contribution in [3.05, 3.63) is 79.7 Å². The molecule has 8 heteroatoms. The number of hydrogen-bond acceptors (Lipinski definition) is 5. The fourth-order valence-electron chi connectivity index (χ4n) is 3.23. The Morgan fingerprint density at radius 2 is 1.71 bits per heavy atom. The van der Waals surface area contributed by atoms with Gasteiger partial charge in [-0.05, 0) is 63.5 Å². The molecule has 1 N–H and O–H groups in total. The van der Waals surface area contributed by atoms with Crippen LogP contribution in [-0.4, -0.2) is 13.9 Å². The molecule has 0 unspecified atom stereocenters. The molecule has 0 saturated carbocycles. The average molecular weight is 525 g/mol. The lowest BCUT2D eigenvalue weighted by Crippen LogP contribution is -2.13. The van der Waals surface area contributed by atoms with E-state index in [4.69, 9.17) is 42.1 Å². The molecule has 1 aliphatic heterocycles. The molecule has 0 atom stereocenters. The van der Waals surface area contributed by atoms with E-state index in [-0.39, 0.29) is 13.4 Å². The van der Waals surface area contributed by atoms with Crippen molar-refractivity contribution in [3.63, 3.8) is 0 Å². The highest BCUT2D eigenvalue weighted by molar-refractivity contribution is 9.10. The first-order chi connectivity index (χ1) is 15.0. The van der Waals surface area contributed by atoms with Gasteiger partial charge in [-0.1, -0.05) is 35.3 Å². The van der Waals surface area contributed by atoms with Crippen molar-refractivity contribution in [3.8, 4) is 23.0 Å². The van der Waals surface area contributed by atoms with E-state index in [1.165, 1.54) is 0 Å². The van der Waals surface area contributed by atoms with Crippen LogP contribution in [0.5, 0.6) is 23.0 Å². The van der Waals surface area contributed by atoms with Crippen LogP contribution in [0, 0.1) is 0 Å². The van der Waals surface area contributed by atoms with Gasteiger partial charge in [-0.2, -0.15) is 0 Å². The highest BCUT2D eigenvalue weighted by Gasteiger charge is 2.15. The van der Waals surface area contributed by atoms with E-state index < -0.39 is 0 Å². The van der Waals surface area contributed by atoms with Gasteiger partial charge in [0.05, 0.1) is 11.6 Å². The summed E-state index contributed by atoms with van der Waals surface area (Å²) in [5, 5.41) is 4.56. The third-order valence-electron chi connectivity index (χ3n) is 4.81.